The van der Waals surface area contributed by atoms with E-state index in [9.17, 15) is 13.2 Å². The Hall–Kier alpha value is -2.40. The number of pyridine rings is 1. The fourth-order valence-corrected chi connectivity index (χ4v) is 6.18. The van der Waals surface area contributed by atoms with Gasteiger partial charge in [-0.05, 0) is 43.4 Å². The van der Waals surface area contributed by atoms with E-state index in [-0.39, 0.29) is 37.1 Å². The molecule has 0 bridgehead atoms. The molecular weight excluding hydrogens is 518 g/mol. The molecule has 1 N–H and O–H groups in total. The van der Waals surface area contributed by atoms with Crippen LogP contribution in [-0.4, -0.2) is 70.6 Å². The zero-order valence-electron chi connectivity index (χ0n) is 22.0. The number of allylic oxidation sites excluding steroid dienone is 2. The number of methoxy groups -OCH3 is 2. The quantitative estimate of drug-likeness (QED) is 0.209. The van der Waals surface area contributed by atoms with Gasteiger partial charge in [-0.1, -0.05) is 32.2 Å². The number of aromatic nitrogens is 1. The predicted molar refractivity (Wildman–Crippen MR) is 147 cm³/mol. The first-order chi connectivity index (χ1) is 17.5. The first-order valence-corrected chi connectivity index (χ1v) is 14.0. The molecule has 1 aliphatic heterocycles. The van der Waals surface area contributed by atoms with E-state index in [1.54, 1.807) is 32.3 Å². The van der Waals surface area contributed by atoms with Crippen molar-refractivity contribution in [3.8, 4) is 5.75 Å². The molecule has 4 atom stereocenters. The highest BCUT2D eigenvalue weighted by Crippen LogP contribution is 2.40. The SMILES string of the molecule is C=CC[C@H](C)[C@@H](CCOC)S(=O)(=O)NC(=O)c1ccc2c(n1)N(C(C)OC)C[C@](CCl)(C(=C)C=C)CO2. The molecule has 1 aromatic heterocycles. The molecular formula is C26H38ClN3O6S. The van der Waals surface area contributed by atoms with Crippen LogP contribution < -0.4 is 14.4 Å². The molecule has 37 heavy (non-hydrogen) atoms. The third kappa shape index (κ3) is 7.13. The molecule has 0 saturated heterocycles. The molecule has 2 rings (SSSR count). The average molecular weight is 556 g/mol. The van der Waals surface area contributed by atoms with Crippen LogP contribution >= 0.6 is 11.6 Å². The second-order valence-electron chi connectivity index (χ2n) is 9.21. The molecule has 0 radical (unpaired) electrons. The highest BCUT2D eigenvalue weighted by Gasteiger charge is 2.40. The van der Waals surface area contributed by atoms with E-state index in [1.807, 2.05) is 11.8 Å². The van der Waals surface area contributed by atoms with Crippen molar-refractivity contribution in [3.05, 3.63) is 55.3 Å². The lowest BCUT2D eigenvalue weighted by atomic mass is 9.82. The summed E-state index contributed by atoms with van der Waals surface area (Å²) < 4.78 is 45.3. The number of hydrogen-bond donors (Lipinski definition) is 1. The Morgan fingerprint density at radius 2 is 2.05 bits per heavy atom. The summed E-state index contributed by atoms with van der Waals surface area (Å²) >= 11 is 6.38. The van der Waals surface area contributed by atoms with Crippen molar-refractivity contribution < 1.29 is 27.4 Å². The lowest BCUT2D eigenvalue weighted by Crippen LogP contribution is -2.46. The smallest absolute Gasteiger partial charge is 0.283 e. The molecule has 1 aliphatic rings. The van der Waals surface area contributed by atoms with Crippen molar-refractivity contribution >= 4 is 33.3 Å². The number of fused-ring (bicyclic) bond motifs is 1. The number of nitrogens with one attached hydrogen (secondary N) is 1. The Morgan fingerprint density at radius 1 is 1.35 bits per heavy atom. The van der Waals surface area contributed by atoms with Crippen LogP contribution in [-0.2, 0) is 19.5 Å². The van der Waals surface area contributed by atoms with E-state index >= 15 is 0 Å². The maximum Gasteiger partial charge on any atom is 0.283 e. The van der Waals surface area contributed by atoms with E-state index in [0.717, 1.165) is 0 Å². The van der Waals surface area contributed by atoms with Gasteiger partial charge in [0, 0.05) is 33.3 Å². The van der Waals surface area contributed by atoms with Crippen molar-refractivity contribution in [2.24, 2.45) is 11.3 Å². The summed E-state index contributed by atoms with van der Waals surface area (Å²) in [4.78, 5) is 19.4. The standard InChI is InChI=1S/C26H38ClN3O6S/c1-8-10-18(3)23(13-14-34-6)37(32,33)29-25(31)21-11-12-22-24(28-21)30(20(5)35-7)16-26(15-27,17-36-22)19(4)9-2/h8-9,11-12,18,20,23H,1-2,4,10,13-17H2,3,5-7H3,(H,29,31)/t18-,20?,23+,26-/m0/s1. The lowest BCUT2D eigenvalue weighted by molar-refractivity contribution is 0.0973. The summed E-state index contributed by atoms with van der Waals surface area (Å²) in [5.41, 5.74) is -0.0660. The fraction of sp³-hybridized carbons (Fsp3) is 0.538. The molecule has 1 aromatic rings. The van der Waals surface area contributed by atoms with Crippen LogP contribution in [0.1, 0.15) is 37.2 Å². The molecule has 1 unspecified atom stereocenters. The largest absolute Gasteiger partial charge is 0.489 e. The fourth-order valence-electron chi connectivity index (χ4n) is 4.20. The van der Waals surface area contributed by atoms with Crippen LogP contribution in [0.2, 0.25) is 0 Å². The molecule has 0 aliphatic carbocycles. The van der Waals surface area contributed by atoms with E-state index in [2.05, 4.69) is 29.4 Å². The number of amides is 1. The summed E-state index contributed by atoms with van der Waals surface area (Å²) in [7, 11) is -0.992. The van der Waals surface area contributed by atoms with Crippen molar-refractivity contribution in [3.63, 3.8) is 0 Å². The minimum absolute atomic E-state index is 0.0815. The van der Waals surface area contributed by atoms with Gasteiger partial charge >= 0.3 is 0 Å². The average Bonchev–Trinajstić information content (AvgIpc) is 3.05. The number of anilines is 1. The third-order valence-electron chi connectivity index (χ3n) is 6.70. The summed E-state index contributed by atoms with van der Waals surface area (Å²) in [6.45, 7) is 16.0. The Bertz CT molecular complexity index is 1100. The molecule has 0 fully saturated rings. The van der Waals surface area contributed by atoms with Crippen LogP contribution in [0.3, 0.4) is 0 Å². The summed E-state index contributed by atoms with van der Waals surface area (Å²) in [6.07, 6.45) is 3.53. The Morgan fingerprint density at radius 3 is 2.62 bits per heavy atom. The monoisotopic (exact) mass is 555 g/mol. The van der Waals surface area contributed by atoms with Crippen molar-refractivity contribution in [2.45, 2.75) is 38.2 Å². The maximum atomic E-state index is 13.2. The Balaban J connectivity index is 2.44. The van der Waals surface area contributed by atoms with E-state index < -0.39 is 32.8 Å². The molecule has 206 valence electrons. The topological polar surface area (TPSA) is 107 Å². The van der Waals surface area contributed by atoms with Gasteiger partial charge in [-0.25, -0.2) is 18.1 Å². The van der Waals surface area contributed by atoms with Crippen LogP contribution in [0.5, 0.6) is 5.75 Å². The van der Waals surface area contributed by atoms with Crippen LogP contribution in [0.4, 0.5) is 5.82 Å². The highest BCUT2D eigenvalue weighted by atomic mass is 35.5. The highest BCUT2D eigenvalue weighted by molar-refractivity contribution is 7.90. The minimum atomic E-state index is -4.04. The molecule has 2 heterocycles. The number of hydrogen-bond acceptors (Lipinski definition) is 8. The molecule has 11 heteroatoms. The van der Waals surface area contributed by atoms with Gasteiger partial charge in [0.05, 0.1) is 10.7 Å². The number of carbonyl (C=O) groups is 1. The molecule has 0 spiro atoms. The Kier molecular flexibility index (Phi) is 11.2. The van der Waals surface area contributed by atoms with Gasteiger partial charge in [-0.2, -0.15) is 0 Å². The zero-order valence-corrected chi connectivity index (χ0v) is 23.6. The van der Waals surface area contributed by atoms with Gasteiger partial charge in [-0.3, -0.25) is 4.79 Å². The molecule has 1 amide bonds. The number of carbonyl (C=O) groups excluding carboxylic acids is 1. The first kappa shape index (κ1) is 30.8. The number of sulfonamides is 1. The number of rotatable bonds is 14. The number of alkyl halides is 1. The predicted octanol–water partition coefficient (Wildman–Crippen LogP) is 3.92. The van der Waals surface area contributed by atoms with Crippen LogP contribution in [0, 0.1) is 11.3 Å². The van der Waals surface area contributed by atoms with Crippen molar-refractivity contribution in [2.75, 3.05) is 44.8 Å². The summed E-state index contributed by atoms with van der Waals surface area (Å²) in [6, 6.07) is 3.01. The molecule has 0 aromatic carbocycles. The summed E-state index contributed by atoms with van der Waals surface area (Å²) in [5.74, 6) is -0.171. The maximum absolute atomic E-state index is 13.2. The number of ether oxygens (including phenoxy) is 3. The Labute approximate surface area is 225 Å². The lowest BCUT2D eigenvalue weighted by Gasteiger charge is -2.37. The van der Waals surface area contributed by atoms with E-state index in [4.69, 9.17) is 25.8 Å². The van der Waals surface area contributed by atoms with Crippen molar-refractivity contribution in [1.82, 2.24) is 9.71 Å². The van der Waals surface area contributed by atoms with Crippen molar-refractivity contribution in [1.29, 1.82) is 0 Å². The molecule has 9 nitrogen and oxygen atoms in total. The van der Waals surface area contributed by atoms with Gasteiger partial charge in [0.15, 0.2) is 11.6 Å². The minimum Gasteiger partial charge on any atom is -0.489 e. The second-order valence-corrected chi connectivity index (χ2v) is 11.4. The molecule has 0 saturated carbocycles. The van der Waals surface area contributed by atoms with Gasteiger partial charge in [-0.15, -0.1) is 18.2 Å². The summed E-state index contributed by atoms with van der Waals surface area (Å²) in [5, 5.41) is -0.849. The van der Waals surface area contributed by atoms with Gasteiger partial charge in [0.1, 0.15) is 18.5 Å². The van der Waals surface area contributed by atoms with E-state index in [1.165, 1.54) is 13.2 Å². The second kappa shape index (κ2) is 13.4. The van der Waals surface area contributed by atoms with Crippen LogP contribution in [0.25, 0.3) is 0 Å². The van der Waals surface area contributed by atoms with E-state index in [0.29, 0.717) is 30.1 Å². The van der Waals surface area contributed by atoms with Gasteiger partial charge in [0.2, 0.25) is 10.0 Å². The number of nitrogens with zero attached hydrogens (tertiary/aromatic N) is 2. The normalized spacial score (nSPS) is 20.0. The van der Waals surface area contributed by atoms with Gasteiger partial charge in [0.25, 0.3) is 5.91 Å². The van der Waals surface area contributed by atoms with Crippen LogP contribution in [0.15, 0.2) is 49.6 Å². The third-order valence-corrected chi connectivity index (χ3v) is 9.18. The first-order valence-electron chi connectivity index (χ1n) is 12.0. The van der Waals surface area contributed by atoms with Gasteiger partial charge < -0.3 is 19.1 Å². The zero-order chi connectivity index (χ0) is 27.8. The number of halogens is 1.